The number of aromatic amines is 4. The Balaban J connectivity index is 0.526. The monoisotopic (exact) mass is 1530 g/mol. The highest BCUT2D eigenvalue weighted by Crippen LogP contribution is 2.33. The number of aromatic nitrogens is 8. The third-order valence-electron chi connectivity index (χ3n) is 18.9. The van der Waals surface area contributed by atoms with Gasteiger partial charge in [-0.25, -0.2) is 19.9 Å². The van der Waals surface area contributed by atoms with Crippen molar-refractivity contribution in [1.82, 2.24) is 91.8 Å². The van der Waals surface area contributed by atoms with Crippen molar-refractivity contribution in [2.75, 3.05) is 93.8 Å². The summed E-state index contributed by atoms with van der Waals surface area (Å²) in [5.74, 6) is -0.558. The molecule has 4 heterocycles. The zero-order valence-corrected chi connectivity index (χ0v) is 64.3. The van der Waals surface area contributed by atoms with Crippen LogP contribution in [-0.2, 0) is 28.8 Å². The highest BCUT2D eigenvalue weighted by Gasteiger charge is 2.29. The van der Waals surface area contributed by atoms with Crippen molar-refractivity contribution in [1.29, 1.82) is 0 Å². The molecule has 0 bridgehead atoms. The highest BCUT2D eigenvalue weighted by molar-refractivity contribution is 5.98. The molecule has 0 aliphatic carbocycles. The average Bonchev–Trinajstić information content (AvgIpc) is 1.66. The Morgan fingerprint density at radius 3 is 1.08 bits per heavy atom. The van der Waals surface area contributed by atoms with Crippen LogP contribution in [0.25, 0.3) is 112 Å². The molecule has 584 valence electrons. The van der Waals surface area contributed by atoms with E-state index < -0.39 is 72.1 Å². The number of hydrogen-bond acceptors (Lipinski definition) is 17. The molecule has 13 N–H and O–H groups in total. The fraction of sp³-hybridized carbons (Fsp3) is 0.286. The Morgan fingerprint density at radius 2 is 0.726 bits per heavy atom. The van der Waals surface area contributed by atoms with Crippen LogP contribution >= 0.6 is 0 Å². The maximum atomic E-state index is 13.6. The van der Waals surface area contributed by atoms with Crippen molar-refractivity contribution in [3.63, 3.8) is 0 Å². The van der Waals surface area contributed by atoms with Crippen molar-refractivity contribution < 1.29 is 47.8 Å². The van der Waals surface area contributed by atoms with Crippen molar-refractivity contribution in [3.05, 3.63) is 181 Å². The molecule has 12 rings (SSSR count). The van der Waals surface area contributed by atoms with Gasteiger partial charge in [-0.1, -0.05) is 48.5 Å². The molecule has 4 atom stereocenters. The van der Waals surface area contributed by atoms with E-state index in [4.69, 9.17) is 35.1 Å². The smallest absolute Gasteiger partial charge is 0.251 e. The first kappa shape index (κ1) is 79.4. The number of nitrogens with one attached hydrogen (secondary N) is 11. The van der Waals surface area contributed by atoms with Gasteiger partial charge in [0.25, 0.3) is 11.8 Å². The number of carbonyl (C=O) groups excluding carboxylic acids is 8. The number of nitrogens with two attached hydrogens (primary N) is 1. The summed E-state index contributed by atoms with van der Waals surface area (Å²) in [6.07, 6.45) is 1.89. The molecule has 0 unspecified atom stereocenters. The summed E-state index contributed by atoms with van der Waals surface area (Å²) in [6, 6.07) is 49.4. The van der Waals surface area contributed by atoms with Crippen LogP contribution in [-0.4, -0.2) is 220 Å². The van der Waals surface area contributed by atoms with Gasteiger partial charge in [-0.15, -0.1) is 0 Å². The summed E-state index contributed by atoms with van der Waals surface area (Å²) in [5, 5.41) is 18.7. The number of rotatable bonds is 36. The number of benzene rings is 8. The third kappa shape index (κ3) is 20.9. The molecular weight excluding hydrogens is 1440 g/mol. The van der Waals surface area contributed by atoms with Gasteiger partial charge < -0.3 is 87.1 Å². The zero-order valence-electron chi connectivity index (χ0n) is 64.3. The molecule has 113 heavy (non-hydrogen) atoms. The van der Waals surface area contributed by atoms with Gasteiger partial charge >= 0.3 is 0 Å². The predicted octanol–water partition coefficient (Wildman–Crippen LogP) is 7.94. The topological polar surface area (TPSA) is 390 Å². The number of carbonyl (C=O) groups is 8. The summed E-state index contributed by atoms with van der Waals surface area (Å²) >= 11 is 0. The van der Waals surface area contributed by atoms with E-state index in [9.17, 15) is 38.4 Å². The summed E-state index contributed by atoms with van der Waals surface area (Å²) < 4.78 is 11.8. The molecule has 0 spiro atoms. The Hall–Kier alpha value is -13.1. The fourth-order valence-electron chi connectivity index (χ4n) is 12.7. The summed E-state index contributed by atoms with van der Waals surface area (Å²) in [5.41, 5.74) is 20.3. The van der Waals surface area contributed by atoms with E-state index in [2.05, 4.69) is 79.1 Å². The Kier molecular flexibility index (Phi) is 25.7. The molecule has 0 saturated carbocycles. The minimum atomic E-state index is -1.20. The number of H-pyrrole nitrogens is 4. The van der Waals surface area contributed by atoms with Gasteiger partial charge in [-0.05, 0) is 212 Å². The van der Waals surface area contributed by atoms with Gasteiger partial charge in [-0.3, -0.25) is 38.4 Å². The van der Waals surface area contributed by atoms with E-state index >= 15 is 0 Å². The maximum Gasteiger partial charge on any atom is 0.251 e. The van der Waals surface area contributed by atoms with E-state index in [1.165, 1.54) is 27.7 Å². The van der Waals surface area contributed by atoms with Gasteiger partial charge in [0.05, 0.1) is 70.4 Å². The second-order valence-electron chi connectivity index (χ2n) is 28.4. The molecule has 29 nitrogen and oxygen atoms in total. The van der Waals surface area contributed by atoms with Crippen LogP contribution in [0.15, 0.2) is 170 Å². The second-order valence-corrected chi connectivity index (χ2v) is 28.4. The lowest BCUT2D eigenvalue weighted by atomic mass is 10.0. The summed E-state index contributed by atoms with van der Waals surface area (Å²) in [4.78, 5) is 143. The Morgan fingerprint density at radius 1 is 0.398 bits per heavy atom. The number of fused-ring (bicyclic) bond motifs is 4. The van der Waals surface area contributed by atoms with Crippen molar-refractivity contribution in [3.8, 4) is 79.3 Å². The SMILES string of the molecule is C[C@@H](NC(=O)CNCCNC(=O)c1ccc(-c2nc3cc(-c4ccc5[nH]c(-c6ccc(OCCCN(C)C)cc6)nc5c4)ccc3[nH]2)cc1)C(=O)N[C@H](C)C(=O)N[C@H](C)C(=O)N[C@H](C)C(=O)N(CCNC(=O)c1ccc(-c2nc3cc(-c4ccc5[nH]c(-c6ccc(OCCCN(C)C)cc6)nc5c4)ccc3[nH]2)cc1)CC(N)=O. The van der Waals surface area contributed by atoms with Gasteiger partial charge in [0.15, 0.2) is 0 Å². The Bertz CT molecular complexity index is 5400. The first-order chi connectivity index (χ1) is 54.4. The average molecular weight is 1530 g/mol. The fourth-order valence-corrected chi connectivity index (χ4v) is 12.7. The molecular formula is C84H93N19O10. The molecule has 0 fully saturated rings. The van der Waals surface area contributed by atoms with Crippen LogP contribution in [0.4, 0.5) is 0 Å². The standard InChI is InChI=1S/C84H93N19O10/c1-49(89-74(105)47-86-35-36-87-82(109)57-15-11-53(12-16-57)75-93-65-31-23-59(43-69(65)97-75)61-25-33-67-71(45-61)99-77(95-67)55-19-27-63(28-20-55)112-41-9-38-101(5)6)79(106)90-50(2)80(107)91-51(3)81(108)92-52(4)84(111)103(48-73(85)104)40-37-88-83(110)58-17-13-54(14-18-58)76-94-66-32-24-60(44-70(66)98-76)62-26-34-68-72(46-62)100-78(96-68)56-21-29-64(30-22-56)113-42-10-39-102(7)8/h11-34,43-46,49-52,86H,9-10,35-42,47-48H2,1-8H3,(H2,85,104)(H,87,109)(H,88,110)(H,89,105)(H,90,106)(H,91,107)(H,92,108)(H,93,97)(H,94,98)(H,95,99)(H,96,100)/t49-,50-,51-,52-/m1/s1. The lowest BCUT2D eigenvalue weighted by molar-refractivity contribution is -0.139. The van der Waals surface area contributed by atoms with Crippen LogP contribution in [0, 0.1) is 0 Å². The molecule has 0 radical (unpaired) electrons. The molecule has 0 saturated heterocycles. The molecule has 0 aliphatic heterocycles. The maximum absolute atomic E-state index is 13.6. The largest absolute Gasteiger partial charge is 0.494 e. The Labute approximate surface area is 652 Å². The highest BCUT2D eigenvalue weighted by atomic mass is 16.5. The van der Waals surface area contributed by atoms with Crippen molar-refractivity contribution in [2.45, 2.75) is 64.7 Å². The predicted molar refractivity (Wildman–Crippen MR) is 435 cm³/mol. The van der Waals surface area contributed by atoms with Gasteiger partial charge in [0.1, 0.15) is 59.0 Å². The van der Waals surface area contributed by atoms with Gasteiger partial charge in [0.2, 0.25) is 35.4 Å². The number of amides is 8. The van der Waals surface area contributed by atoms with E-state index in [1.54, 1.807) is 36.4 Å². The first-order valence-electron chi connectivity index (χ1n) is 37.5. The molecule has 8 aromatic carbocycles. The first-order valence-corrected chi connectivity index (χ1v) is 37.5. The van der Waals surface area contributed by atoms with Crippen LogP contribution in [0.3, 0.4) is 0 Å². The zero-order chi connectivity index (χ0) is 79.8. The van der Waals surface area contributed by atoms with E-state index in [0.717, 1.165) is 143 Å². The van der Waals surface area contributed by atoms with Crippen LogP contribution in [0.5, 0.6) is 11.5 Å². The minimum Gasteiger partial charge on any atom is -0.494 e. The number of hydrogen-bond donors (Lipinski definition) is 12. The van der Waals surface area contributed by atoms with E-state index in [1.807, 2.05) is 150 Å². The molecule has 8 amide bonds. The van der Waals surface area contributed by atoms with Crippen LogP contribution < -0.4 is 52.4 Å². The summed E-state index contributed by atoms with van der Waals surface area (Å²) in [7, 11) is 8.18. The number of imidazole rings is 4. The molecule has 4 aromatic heterocycles. The molecule has 0 aliphatic rings. The van der Waals surface area contributed by atoms with E-state index in [0.29, 0.717) is 36.0 Å². The van der Waals surface area contributed by atoms with E-state index in [-0.39, 0.29) is 38.6 Å². The number of primary amides is 1. The van der Waals surface area contributed by atoms with Gasteiger partial charge in [-0.2, -0.15) is 0 Å². The van der Waals surface area contributed by atoms with Crippen LogP contribution in [0.1, 0.15) is 61.3 Å². The molecule has 29 heteroatoms. The summed E-state index contributed by atoms with van der Waals surface area (Å²) in [6.45, 7) is 8.34. The lowest BCUT2D eigenvalue weighted by Gasteiger charge is -2.26. The van der Waals surface area contributed by atoms with Crippen molar-refractivity contribution in [2.24, 2.45) is 5.73 Å². The quantitative estimate of drug-likeness (QED) is 0.0166. The lowest BCUT2D eigenvalue weighted by Crippen LogP contribution is -2.57. The minimum absolute atomic E-state index is 0.0744. The van der Waals surface area contributed by atoms with Gasteiger partial charge in [0, 0.05) is 72.6 Å². The van der Waals surface area contributed by atoms with Crippen LogP contribution in [0.2, 0.25) is 0 Å². The van der Waals surface area contributed by atoms with Crippen molar-refractivity contribution >= 4 is 91.4 Å². The number of ether oxygens (including phenoxy) is 2. The third-order valence-corrected chi connectivity index (χ3v) is 18.9. The molecule has 12 aromatic rings. The number of nitrogens with zero attached hydrogens (tertiary/aromatic N) is 7. The normalized spacial score (nSPS) is 12.5. The second kappa shape index (κ2) is 36.6.